The minimum absolute atomic E-state index is 0.0953. The van der Waals surface area contributed by atoms with E-state index >= 15 is 0 Å². The number of benzene rings is 1. The van der Waals surface area contributed by atoms with Gasteiger partial charge in [0, 0.05) is 12.6 Å². The zero-order chi connectivity index (χ0) is 15.2. The van der Waals surface area contributed by atoms with Gasteiger partial charge in [0.1, 0.15) is 5.60 Å². The smallest absolute Gasteiger partial charge is 0.254 e. The Morgan fingerprint density at radius 1 is 1.43 bits per heavy atom. The van der Waals surface area contributed by atoms with Crippen molar-refractivity contribution in [3.05, 3.63) is 29.6 Å². The lowest BCUT2D eigenvalue weighted by molar-refractivity contribution is -0.218. The summed E-state index contributed by atoms with van der Waals surface area (Å²) in [6.45, 7) is 0.658. The van der Waals surface area contributed by atoms with Gasteiger partial charge in [-0.05, 0) is 18.2 Å². The maximum absolute atomic E-state index is 13.6. The van der Waals surface area contributed by atoms with Crippen LogP contribution in [0.3, 0.4) is 0 Å². The molecule has 3 rings (SSSR count). The van der Waals surface area contributed by atoms with Crippen LogP contribution in [-0.2, 0) is 9.63 Å². The van der Waals surface area contributed by atoms with Gasteiger partial charge in [-0.25, -0.2) is 9.45 Å². The average Bonchev–Trinajstić information content (AvgIpc) is 2.72. The summed E-state index contributed by atoms with van der Waals surface area (Å²) in [6, 6.07) is 4.09. The highest BCUT2D eigenvalue weighted by Gasteiger charge is 2.54. The summed E-state index contributed by atoms with van der Waals surface area (Å²) in [7, 11) is 2.92. The molecule has 2 amide bonds. The summed E-state index contributed by atoms with van der Waals surface area (Å²) < 4.78 is 18.4. The minimum atomic E-state index is -0.605. The minimum Gasteiger partial charge on any atom is -0.494 e. The largest absolute Gasteiger partial charge is 0.494 e. The Morgan fingerprint density at radius 3 is 2.67 bits per heavy atom. The quantitative estimate of drug-likeness (QED) is 0.810. The van der Waals surface area contributed by atoms with Crippen LogP contribution in [-0.4, -0.2) is 54.6 Å². The molecule has 0 unspecified atom stereocenters. The Kier molecular flexibility index (Phi) is 3.09. The number of methoxy groups -OCH3 is 1. The number of likely N-dealkylation sites (tertiary alicyclic amines) is 1. The predicted molar refractivity (Wildman–Crippen MR) is 70.1 cm³/mol. The molecule has 2 fully saturated rings. The second-order valence-corrected chi connectivity index (χ2v) is 5.35. The lowest BCUT2D eigenvalue weighted by Crippen LogP contribution is -2.63. The number of hydroxylamine groups is 2. The Morgan fingerprint density at radius 2 is 2.14 bits per heavy atom. The van der Waals surface area contributed by atoms with Crippen LogP contribution in [0.25, 0.3) is 0 Å². The van der Waals surface area contributed by atoms with E-state index in [-0.39, 0.29) is 29.5 Å². The highest BCUT2D eigenvalue weighted by molar-refractivity contribution is 5.95. The van der Waals surface area contributed by atoms with Crippen LogP contribution in [0.1, 0.15) is 16.8 Å². The first kappa shape index (κ1) is 13.8. The Hall–Kier alpha value is -2.15. The fourth-order valence-electron chi connectivity index (χ4n) is 2.71. The molecule has 112 valence electrons. The molecule has 0 saturated carbocycles. The van der Waals surface area contributed by atoms with Crippen molar-refractivity contribution < 1.29 is 23.6 Å². The summed E-state index contributed by atoms with van der Waals surface area (Å²) in [4.78, 5) is 30.7. The number of carbonyl (C=O) groups excluding carboxylic acids is 2. The summed E-state index contributed by atoms with van der Waals surface area (Å²) in [5, 5.41) is 1.20. The van der Waals surface area contributed by atoms with Crippen molar-refractivity contribution in [2.75, 3.05) is 27.2 Å². The zero-order valence-corrected chi connectivity index (χ0v) is 11.8. The molecule has 7 heteroatoms. The van der Waals surface area contributed by atoms with Crippen molar-refractivity contribution in [1.29, 1.82) is 0 Å². The molecule has 2 aliphatic heterocycles. The van der Waals surface area contributed by atoms with E-state index in [1.165, 1.54) is 29.2 Å². The fourth-order valence-corrected chi connectivity index (χ4v) is 2.71. The molecule has 2 saturated heterocycles. The SMILES string of the molecule is COc1ccc(C(=O)N2CC3(CC(=O)N(C)O3)C2)cc1F. The summed E-state index contributed by atoms with van der Waals surface area (Å²) in [6.07, 6.45) is 0.268. The van der Waals surface area contributed by atoms with Crippen molar-refractivity contribution >= 4 is 11.8 Å². The van der Waals surface area contributed by atoms with Gasteiger partial charge in [-0.2, -0.15) is 0 Å². The first-order chi connectivity index (χ1) is 9.94. The van der Waals surface area contributed by atoms with Crippen LogP contribution in [0.2, 0.25) is 0 Å². The van der Waals surface area contributed by atoms with Crippen LogP contribution in [0.5, 0.6) is 5.75 Å². The molecule has 1 aromatic carbocycles. The molecule has 0 atom stereocenters. The van der Waals surface area contributed by atoms with E-state index in [4.69, 9.17) is 9.57 Å². The van der Waals surface area contributed by atoms with Crippen molar-refractivity contribution in [2.45, 2.75) is 12.0 Å². The number of hydrogen-bond acceptors (Lipinski definition) is 4. The van der Waals surface area contributed by atoms with Gasteiger partial charge >= 0.3 is 0 Å². The van der Waals surface area contributed by atoms with Gasteiger partial charge in [-0.3, -0.25) is 14.4 Å². The molecule has 2 aliphatic rings. The Labute approximate surface area is 121 Å². The third-order valence-electron chi connectivity index (χ3n) is 3.80. The number of halogens is 1. The predicted octanol–water partition coefficient (Wildman–Crippen LogP) is 0.823. The van der Waals surface area contributed by atoms with Crippen LogP contribution in [0, 0.1) is 5.82 Å². The third-order valence-corrected chi connectivity index (χ3v) is 3.80. The highest BCUT2D eigenvalue weighted by atomic mass is 19.1. The lowest BCUT2D eigenvalue weighted by atomic mass is 9.90. The molecule has 6 nitrogen and oxygen atoms in total. The van der Waals surface area contributed by atoms with E-state index in [1.54, 1.807) is 7.05 Å². The first-order valence-electron chi connectivity index (χ1n) is 6.53. The van der Waals surface area contributed by atoms with E-state index in [1.807, 2.05) is 0 Å². The van der Waals surface area contributed by atoms with E-state index in [0.717, 1.165) is 6.07 Å². The Bertz CT molecular complexity index is 613. The number of rotatable bonds is 2. The van der Waals surface area contributed by atoms with E-state index < -0.39 is 11.4 Å². The second-order valence-electron chi connectivity index (χ2n) is 5.35. The molecule has 1 aromatic rings. The van der Waals surface area contributed by atoms with Gasteiger partial charge in [0.25, 0.3) is 5.91 Å². The van der Waals surface area contributed by atoms with Gasteiger partial charge in [0.15, 0.2) is 11.6 Å². The molecule has 0 radical (unpaired) electrons. The Balaban J connectivity index is 1.69. The van der Waals surface area contributed by atoms with Gasteiger partial charge in [0.2, 0.25) is 5.91 Å². The maximum atomic E-state index is 13.6. The highest BCUT2D eigenvalue weighted by Crippen LogP contribution is 2.35. The summed E-state index contributed by atoms with van der Waals surface area (Å²) in [5.41, 5.74) is -0.354. The van der Waals surface area contributed by atoms with Crippen LogP contribution in [0.4, 0.5) is 4.39 Å². The van der Waals surface area contributed by atoms with Crippen LogP contribution < -0.4 is 4.74 Å². The maximum Gasteiger partial charge on any atom is 0.254 e. The molecule has 0 aliphatic carbocycles. The summed E-state index contributed by atoms with van der Waals surface area (Å²) >= 11 is 0. The molecule has 0 bridgehead atoms. The number of ether oxygens (including phenoxy) is 1. The van der Waals surface area contributed by atoms with Gasteiger partial charge in [-0.1, -0.05) is 0 Å². The van der Waals surface area contributed by atoms with Crippen LogP contribution >= 0.6 is 0 Å². The van der Waals surface area contributed by atoms with Gasteiger partial charge < -0.3 is 9.64 Å². The van der Waals surface area contributed by atoms with Crippen molar-refractivity contribution in [2.24, 2.45) is 0 Å². The van der Waals surface area contributed by atoms with Gasteiger partial charge in [-0.15, -0.1) is 0 Å². The molecule has 2 heterocycles. The van der Waals surface area contributed by atoms with E-state index in [2.05, 4.69) is 0 Å². The summed E-state index contributed by atoms with van der Waals surface area (Å²) in [5.74, 6) is -0.867. The monoisotopic (exact) mass is 294 g/mol. The standard InChI is InChI=1S/C14H15FN2O4/c1-16-12(18)6-14(21-16)7-17(8-14)13(19)9-3-4-11(20-2)10(15)5-9/h3-5H,6-8H2,1-2H3. The van der Waals surface area contributed by atoms with Gasteiger partial charge in [0.05, 0.1) is 26.6 Å². The van der Waals surface area contributed by atoms with Crippen LogP contribution in [0.15, 0.2) is 18.2 Å². The average molecular weight is 294 g/mol. The second kappa shape index (κ2) is 4.70. The molecule has 0 N–H and O–H groups in total. The molecular weight excluding hydrogens is 279 g/mol. The van der Waals surface area contributed by atoms with Crippen molar-refractivity contribution in [3.63, 3.8) is 0 Å². The molecule has 1 spiro atoms. The van der Waals surface area contributed by atoms with E-state index in [9.17, 15) is 14.0 Å². The topological polar surface area (TPSA) is 59.1 Å². The number of hydrogen-bond donors (Lipinski definition) is 0. The normalized spacial score (nSPS) is 19.9. The number of amides is 2. The van der Waals surface area contributed by atoms with Crippen molar-refractivity contribution in [1.82, 2.24) is 9.96 Å². The van der Waals surface area contributed by atoms with E-state index in [0.29, 0.717) is 13.1 Å². The lowest BCUT2D eigenvalue weighted by Gasteiger charge is -2.45. The molecule has 0 aromatic heterocycles. The third kappa shape index (κ3) is 2.23. The molecule has 21 heavy (non-hydrogen) atoms. The molecular formula is C14H15FN2O4. The first-order valence-corrected chi connectivity index (χ1v) is 6.53. The van der Waals surface area contributed by atoms with Crippen molar-refractivity contribution in [3.8, 4) is 5.75 Å². The zero-order valence-electron chi connectivity index (χ0n) is 11.8. The number of nitrogens with zero attached hydrogens (tertiary/aromatic N) is 2. The fraction of sp³-hybridized carbons (Fsp3) is 0.429. The number of carbonyl (C=O) groups is 2.